The second-order valence-corrected chi connectivity index (χ2v) is 14.1. The van der Waals surface area contributed by atoms with Crippen LogP contribution in [0.3, 0.4) is 0 Å². The molecule has 3 aromatic rings. The molecule has 246 valence electrons. The van der Waals surface area contributed by atoms with Gasteiger partial charge in [0, 0.05) is 24.1 Å². The maximum atomic E-state index is 13.3. The maximum Gasteiger partial charge on any atom is 0.361 e. The summed E-state index contributed by atoms with van der Waals surface area (Å²) in [5, 5.41) is 27.9. The number of fused-ring (bicyclic) bond motifs is 1. The number of β-lactam (4-membered cyclic amide) rings is 1. The number of carboxylic acids is 2. The van der Waals surface area contributed by atoms with Crippen LogP contribution in [0, 0.1) is 0 Å². The molecule has 47 heavy (non-hydrogen) atoms. The van der Waals surface area contributed by atoms with E-state index in [1.165, 1.54) is 43.6 Å². The van der Waals surface area contributed by atoms with Gasteiger partial charge in [-0.3, -0.25) is 14.5 Å². The lowest BCUT2D eigenvalue weighted by Gasteiger charge is -2.50. The van der Waals surface area contributed by atoms with Gasteiger partial charge in [-0.05, 0) is 41.7 Å². The molecule has 2 unspecified atom stereocenters. The largest absolute Gasteiger partial charge is 0.543 e. The number of thioether (sulfide) groups is 2. The summed E-state index contributed by atoms with van der Waals surface area (Å²) in [5.41, 5.74) is 12.0. The van der Waals surface area contributed by atoms with E-state index in [0.717, 1.165) is 27.4 Å². The van der Waals surface area contributed by atoms with E-state index in [2.05, 4.69) is 20.4 Å². The number of carboxylic acid groups (broad SMARTS) is 2. The highest BCUT2D eigenvalue weighted by molar-refractivity contribution is 8.01. The van der Waals surface area contributed by atoms with Crippen molar-refractivity contribution >= 4 is 75.3 Å². The van der Waals surface area contributed by atoms with Crippen LogP contribution >= 0.6 is 34.9 Å². The van der Waals surface area contributed by atoms with E-state index < -0.39 is 40.8 Å². The number of hydrogen-bond acceptors (Lipinski definition) is 14. The highest BCUT2D eigenvalue weighted by Gasteiger charge is 2.53. The Morgan fingerprint density at radius 3 is 2.64 bits per heavy atom. The first-order valence-electron chi connectivity index (χ1n) is 14.0. The summed E-state index contributed by atoms with van der Waals surface area (Å²) in [6, 6.07) is 8.73. The van der Waals surface area contributed by atoms with Gasteiger partial charge < -0.3 is 36.6 Å². The zero-order valence-corrected chi connectivity index (χ0v) is 27.8. The lowest BCUT2D eigenvalue weighted by atomic mass is 10.0. The fourth-order valence-corrected chi connectivity index (χ4v) is 7.73. The first-order chi connectivity index (χ1) is 22.3. The number of hydrogen-bond donors (Lipinski definition) is 4. The van der Waals surface area contributed by atoms with Gasteiger partial charge in [0.2, 0.25) is 11.4 Å². The topological polar surface area (TPSA) is 230 Å². The standard InChI is InChI=1S/C29H30N8O7S3/c1-29(2,26(42)43)44-35-18(17-10-32-27(31)47-17)22(38)33-19-23(39)37-20(25(40)41)16(12-45-24(19)37)13-46-28-34-21(30)15(11-36(28)3)9-14-7-5-4-6-8-14/h4-8,10-11,19,24,30H,9,12-13H2,1-3H3,(H5,31,32,33,35,38,40,41,42,43). The Bertz CT molecular complexity index is 1810. The lowest BCUT2D eigenvalue weighted by Crippen LogP contribution is -2.71. The number of benzene rings is 1. The van der Waals surface area contributed by atoms with Crippen LogP contribution in [0.25, 0.3) is 0 Å². The van der Waals surface area contributed by atoms with Crippen LogP contribution in [-0.4, -0.2) is 78.0 Å². The molecule has 0 spiro atoms. The van der Waals surface area contributed by atoms with Gasteiger partial charge in [0.25, 0.3) is 11.8 Å². The molecule has 4 heterocycles. The normalized spacial score (nSPS) is 18.0. The van der Waals surface area contributed by atoms with Gasteiger partial charge >= 0.3 is 11.1 Å². The Morgan fingerprint density at radius 2 is 2.00 bits per heavy atom. The van der Waals surface area contributed by atoms with Crippen LogP contribution in [0.5, 0.6) is 0 Å². The summed E-state index contributed by atoms with van der Waals surface area (Å²) in [5.74, 6) is -3.57. The highest BCUT2D eigenvalue weighted by atomic mass is 32.2. The predicted molar refractivity (Wildman–Crippen MR) is 173 cm³/mol. The Morgan fingerprint density at radius 1 is 1.28 bits per heavy atom. The second-order valence-electron chi connectivity index (χ2n) is 11.0. The van der Waals surface area contributed by atoms with Crippen molar-refractivity contribution in [3.05, 3.63) is 70.0 Å². The van der Waals surface area contributed by atoms with Crippen molar-refractivity contribution in [1.82, 2.24) is 20.2 Å². The number of carbonyl (C=O) groups is 4. The number of thiazole rings is 1. The Hall–Kier alpha value is -4.68. The van der Waals surface area contributed by atoms with E-state index in [1.807, 2.05) is 48.1 Å². The number of nitrogen functional groups attached to an aromatic ring is 2. The Kier molecular flexibility index (Phi) is 9.73. The average molecular weight is 699 g/mol. The third-order valence-corrected chi connectivity index (χ3v) is 10.5. The molecule has 0 saturated carbocycles. The van der Waals surface area contributed by atoms with Crippen molar-refractivity contribution in [1.29, 1.82) is 0 Å². The van der Waals surface area contributed by atoms with Gasteiger partial charge in [-0.2, -0.15) is 0 Å². The summed E-state index contributed by atoms with van der Waals surface area (Å²) < 4.78 is 1.81. The molecule has 1 aromatic carbocycles. The molecule has 0 radical (unpaired) electrons. The number of aromatic nitrogens is 3. The minimum absolute atomic E-state index is 0.121. The van der Waals surface area contributed by atoms with Crippen LogP contribution in [0.4, 0.5) is 10.9 Å². The fourth-order valence-electron chi connectivity index (χ4n) is 4.63. The van der Waals surface area contributed by atoms with Gasteiger partial charge in [-0.25, -0.2) is 14.3 Å². The molecular formula is C29H30N8O7S3. The van der Waals surface area contributed by atoms with Crippen LogP contribution < -0.4 is 26.5 Å². The number of oxime groups is 1. The number of aryl methyl sites for hydroxylation is 1. The molecule has 1 saturated heterocycles. The van der Waals surface area contributed by atoms with Crippen molar-refractivity contribution in [2.75, 3.05) is 23.0 Å². The molecule has 2 atom stereocenters. The number of amides is 2. The number of aliphatic carboxylic acids is 2. The predicted octanol–water partition coefficient (Wildman–Crippen LogP) is -0.102. The number of rotatable bonds is 12. The van der Waals surface area contributed by atoms with E-state index in [4.69, 9.17) is 16.3 Å². The monoisotopic (exact) mass is 698 g/mol. The minimum Gasteiger partial charge on any atom is -0.543 e. The maximum absolute atomic E-state index is 13.3. The van der Waals surface area contributed by atoms with Crippen LogP contribution in [0.2, 0.25) is 0 Å². The average Bonchev–Trinajstić information content (AvgIpc) is 3.46. The molecule has 18 heteroatoms. The van der Waals surface area contributed by atoms with Crippen molar-refractivity contribution in [3.63, 3.8) is 0 Å². The van der Waals surface area contributed by atoms with E-state index in [0.29, 0.717) is 23.0 Å². The van der Waals surface area contributed by atoms with Gasteiger partial charge in [-0.15, -0.1) is 11.8 Å². The summed E-state index contributed by atoms with van der Waals surface area (Å²) in [4.78, 5) is 65.2. The van der Waals surface area contributed by atoms with E-state index in [-0.39, 0.29) is 32.9 Å². The van der Waals surface area contributed by atoms with Crippen LogP contribution in [-0.2, 0) is 37.5 Å². The molecule has 1 fully saturated rings. The van der Waals surface area contributed by atoms with Crippen molar-refractivity contribution < 1.29 is 38.8 Å². The zero-order chi connectivity index (χ0) is 34.0. The molecule has 0 bridgehead atoms. The Balaban J connectivity index is 1.30. The lowest BCUT2D eigenvalue weighted by molar-refractivity contribution is -0.713. The van der Waals surface area contributed by atoms with E-state index >= 15 is 0 Å². The van der Waals surface area contributed by atoms with Gasteiger partial charge in [-0.1, -0.05) is 46.8 Å². The third-order valence-electron chi connectivity index (χ3n) is 7.19. The zero-order valence-electron chi connectivity index (χ0n) is 25.3. The van der Waals surface area contributed by atoms with Gasteiger partial charge in [0.1, 0.15) is 17.6 Å². The Labute approximate surface area is 281 Å². The van der Waals surface area contributed by atoms with Crippen molar-refractivity contribution in [2.45, 2.75) is 42.4 Å². The second kappa shape index (κ2) is 13.6. The molecule has 0 aliphatic carbocycles. The molecular weight excluding hydrogens is 669 g/mol. The smallest absolute Gasteiger partial charge is 0.361 e. The minimum atomic E-state index is -1.77. The van der Waals surface area contributed by atoms with Crippen LogP contribution in [0.15, 0.2) is 64.3 Å². The van der Waals surface area contributed by atoms with Gasteiger partial charge in [0.05, 0.1) is 29.2 Å². The molecule has 2 amide bonds. The van der Waals surface area contributed by atoms with E-state index in [9.17, 15) is 29.4 Å². The molecule has 6 N–H and O–H groups in total. The van der Waals surface area contributed by atoms with E-state index in [1.54, 1.807) is 0 Å². The summed E-state index contributed by atoms with van der Waals surface area (Å²) in [7, 11) is 1.82. The first-order valence-corrected chi connectivity index (χ1v) is 16.8. The summed E-state index contributed by atoms with van der Waals surface area (Å²) >= 11 is 3.45. The molecule has 5 rings (SSSR count). The number of nitrogens with two attached hydrogens (primary N) is 2. The third kappa shape index (κ3) is 7.18. The van der Waals surface area contributed by atoms with Gasteiger partial charge in [0.15, 0.2) is 10.8 Å². The molecule has 2 aliphatic rings. The first kappa shape index (κ1) is 33.7. The van der Waals surface area contributed by atoms with Crippen molar-refractivity contribution in [2.24, 2.45) is 12.2 Å². The highest BCUT2D eigenvalue weighted by Crippen LogP contribution is 2.41. The number of anilines is 2. The molecule has 2 aromatic heterocycles. The number of carbonyl (C=O) groups excluding carboxylic acids is 3. The fraction of sp³-hybridized carbons (Fsp3) is 0.310. The number of nitrogens with one attached hydrogen (secondary N) is 1. The molecule has 15 nitrogen and oxygen atoms in total. The summed E-state index contributed by atoms with van der Waals surface area (Å²) in [6.07, 6.45) is 3.75. The number of nitrogens with zero attached hydrogens (tertiary/aromatic N) is 5. The molecule has 2 aliphatic heterocycles. The van der Waals surface area contributed by atoms with Crippen LogP contribution in [0.1, 0.15) is 29.9 Å². The van der Waals surface area contributed by atoms with Crippen molar-refractivity contribution in [3.8, 4) is 0 Å². The summed E-state index contributed by atoms with van der Waals surface area (Å²) in [6.45, 7) is 2.49. The SMILES string of the molecule is C[n+]1cc(Cc2ccccc2)c(N)nc1SCC1=C(C(=O)[O-])N2C(=O)C(NC(=O)/C(=N\OC(C)(C)C(=O)O)c3cnc(N)s3)C2SC1. The quantitative estimate of drug-likeness (QED) is 0.0484.